The summed E-state index contributed by atoms with van der Waals surface area (Å²) in [7, 11) is -0.894. The van der Waals surface area contributed by atoms with Crippen LogP contribution >= 0.6 is 0 Å². The fourth-order valence-corrected chi connectivity index (χ4v) is 3.85. The van der Waals surface area contributed by atoms with E-state index in [2.05, 4.69) is 9.97 Å². The van der Waals surface area contributed by atoms with Gasteiger partial charge in [-0.1, -0.05) is 13.8 Å². The highest BCUT2D eigenvalue weighted by atomic mass is 32.2. The first kappa shape index (κ1) is 31.0. The molecule has 38 heavy (non-hydrogen) atoms. The number of allylic oxidation sites excluding steroid dienone is 1. The second kappa shape index (κ2) is 12.6. The van der Waals surface area contributed by atoms with Gasteiger partial charge >= 0.3 is 5.97 Å². The molecule has 0 saturated carbocycles. The number of sulfonamides is 1. The fraction of sp³-hybridized carbons (Fsp3) is 0.481. The molecule has 1 atom stereocenters. The average Bonchev–Trinajstić information content (AvgIpc) is 2.80. The second-order valence-electron chi connectivity index (χ2n) is 10.2. The fourth-order valence-electron chi connectivity index (χ4n) is 3.47. The summed E-state index contributed by atoms with van der Waals surface area (Å²) in [5.41, 5.74) is 1.21. The Morgan fingerprint density at radius 3 is 2.21 bits per heavy atom. The molecule has 0 aliphatic carbocycles. The zero-order valence-electron chi connectivity index (χ0n) is 23.1. The molecule has 0 amide bonds. The van der Waals surface area contributed by atoms with Gasteiger partial charge in [0.05, 0.1) is 30.2 Å². The van der Waals surface area contributed by atoms with Crippen LogP contribution in [0.5, 0.6) is 0 Å². The number of ether oxygens (including phenoxy) is 2. The maximum atomic E-state index is 13.6. The highest BCUT2D eigenvalue weighted by molar-refractivity contribution is 7.92. The molecule has 1 unspecified atom stereocenters. The van der Waals surface area contributed by atoms with Crippen LogP contribution in [-0.4, -0.2) is 62.3 Å². The van der Waals surface area contributed by atoms with Crippen molar-refractivity contribution in [2.75, 3.05) is 24.7 Å². The molecule has 11 heteroatoms. The number of ketones is 1. The smallest absolute Gasteiger partial charge is 0.308 e. The molecule has 0 fully saturated rings. The minimum Gasteiger partial charge on any atom is -0.460 e. The highest BCUT2D eigenvalue weighted by Gasteiger charge is 2.24. The van der Waals surface area contributed by atoms with Gasteiger partial charge in [0.15, 0.2) is 5.78 Å². The molecule has 0 N–H and O–H groups in total. The SMILES string of the molecule is COC(CC(=O)/C=C/c1c(-c2ccc(F)cc2)nc(N(C)S(C)(=O)=O)nc1C(C)C)CC(=O)OC(C)(C)C. The first-order valence-corrected chi connectivity index (χ1v) is 13.9. The molecule has 0 bridgehead atoms. The lowest BCUT2D eigenvalue weighted by molar-refractivity contribution is -0.157. The van der Waals surface area contributed by atoms with Gasteiger partial charge in [-0.3, -0.25) is 9.59 Å². The Bertz CT molecular complexity index is 1290. The van der Waals surface area contributed by atoms with Crippen LogP contribution in [0.25, 0.3) is 17.3 Å². The maximum absolute atomic E-state index is 13.6. The van der Waals surface area contributed by atoms with Crippen molar-refractivity contribution in [3.05, 3.63) is 47.4 Å². The van der Waals surface area contributed by atoms with Crippen LogP contribution in [0.3, 0.4) is 0 Å². The molecular weight excluding hydrogens is 513 g/mol. The first-order chi connectivity index (χ1) is 17.5. The number of carbonyl (C=O) groups excluding carboxylic acids is 2. The van der Waals surface area contributed by atoms with Crippen LogP contribution in [0.15, 0.2) is 30.3 Å². The number of halogens is 1. The van der Waals surface area contributed by atoms with Crippen molar-refractivity contribution >= 4 is 33.8 Å². The van der Waals surface area contributed by atoms with Crippen molar-refractivity contribution < 1.29 is 31.9 Å². The molecule has 1 aromatic heterocycles. The summed E-state index contributed by atoms with van der Waals surface area (Å²) in [6, 6.07) is 5.58. The number of benzene rings is 1. The first-order valence-electron chi connectivity index (χ1n) is 12.1. The third kappa shape index (κ3) is 8.98. The zero-order valence-corrected chi connectivity index (χ0v) is 23.9. The van der Waals surface area contributed by atoms with Crippen molar-refractivity contribution in [2.24, 2.45) is 0 Å². The van der Waals surface area contributed by atoms with Crippen molar-refractivity contribution in [1.82, 2.24) is 9.97 Å². The number of aromatic nitrogens is 2. The Hall–Kier alpha value is -3.18. The molecule has 208 valence electrons. The molecule has 1 heterocycles. The molecule has 9 nitrogen and oxygen atoms in total. The van der Waals surface area contributed by atoms with Gasteiger partial charge in [-0.05, 0) is 63.1 Å². The number of esters is 1. The standard InChI is InChI=1S/C27H36FN3O6S/c1-17(2)24-22(14-13-20(32)15-21(36-7)16-23(33)37-27(3,4)5)25(18-9-11-19(28)12-10-18)30-26(29-24)31(6)38(8,34)35/h9-14,17,21H,15-16H2,1-8H3/b14-13+. The number of hydrogen-bond acceptors (Lipinski definition) is 8. The van der Waals surface area contributed by atoms with E-state index in [0.29, 0.717) is 22.5 Å². The monoisotopic (exact) mass is 549 g/mol. The van der Waals surface area contributed by atoms with Crippen LogP contribution in [0.2, 0.25) is 0 Å². The molecule has 0 radical (unpaired) electrons. The van der Waals surface area contributed by atoms with Crippen molar-refractivity contribution in [1.29, 1.82) is 0 Å². The van der Waals surface area contributed by atoms with Crippen LogP contribution in [0, 0.1) is 5.82 Å². The normalized spacial score (nSPS) is 13.1. The van der Waals surface area contributed by atoms with E-state index >= 15 is 0 Å². The Balaban J connectivity index is 2.49. The lowest BCUT2D eigenvalue weighted by atomic mass is 9.97. The van der Waals surface area contributed by atoms with E-state index in [4.69, 9.17) is 9.47 Å². The van der Waals surface area contributed by atoms with Crippen LogP contribution in [0.4, 0.5) is 10.3 Å². The van der Waals surface area contributed by atoms with Gasteiger partial charge in [-0.2, -0.15) is 0 Å². The Kier molecular flexibility index (Phi) is 10.3. The number of hydrogen-bond donors (Lipinski definition) is 0. The maximum Gasteiger partial charge on any atom is 0.308 e. The molecule has 0 aliphatic rings. The molecule has 1 aromatic carbocycles. The second-order valence-corrected chi connectivity index (χ2v) is 12.2. The van der Waals surface area contributed by atoms with E-state index in [0.717, 1.165) is 10.6 Å². The van der Waals surface area contributed by atoms with Crippen LogP contribution in [0.1, 0.15) is 64.6 Å². The summed E-state index contributed by atoms with van der Waals surface area (Å²) >= 11 is 0. The van der Waals surface area contributed by atoms with E-state index in [1.165, 1.54) is 44.5 Å². The van der Waals surface area contributed by atoms with Gasteiger partial charge in [0.2, 0.25) is 16.0 Å². The number of rotatable bonds is 11. The third-order valence-corrected chi connectivity index (χ3v) is 6.58. The topological polar surface area (TPSA) is 116 Å². The summed E-state index contributed by atoms with van der Waals surface area (Å²) in [6.45, 7) is 9.02. The molecule has 0 spiro atoms. The van der Waals surface area contributed by atoms with Gasteiger partial charge < -0.3 is 9.47 Å². The number of carbonyl (C=O) groups is 2. The van der Waals surface area contributed by atoms with Crippen LogP contribution < -0.4 is 4.31 Å². The van der Waals surface area contributed by atoms with Gasteiger partial charge in [-0.25, -0.2) is 27.1 Å². The van der Waals surface area contributed by atoms with Crippen molar-refractivity contribution in [3.63, 3.8) is 0 Å². The molecular formula is C27H36FN3O6S. The van der Waals surface area contributed by atoms with E-state index in [9.17, 15) is 22.4 Å². The summed E-state index contributed by atoms with van der Waals surface area (Å²) in [5.74, 6) is -1.44. The van der Waals surface area contributed by atoms with Crippen LogP contribution in [-0.2, 0) is 29.1 Å². The largest absolute Gasteiger partial charge is 0.460 e. The quantitative estimate of drug-likeness (QED) is 0.297. The lowest BCUT2D eigenvalue weighted by Crippen LogP contribution is -2.28. The van der Waals surface area contributed by atoms with E-state index in [-0.39, 0.29) is 30.5 Å². The van der Waals surface area contributed by atoms with Gasteiger partial charge in [0, 0.05) is 31.7 Å². The zero-order chi connectivity index (χ0) is 28.8. The Labute approximate surface area is 224 Å². The van der Waals surface area contributed by atoms with Crippen molar-refractivity contribution in [2.45, 2.75) is 65.1 Å². The molecule has 0 saturated heterocycles. The highest BCUT2D eigenvalue weighted by Crippen LogP contribution is 2.31. The number of nitrogens with zero attached hydrogens (tertiary/aromatic N) is 3. The summed E-state index contributed by atoms with van der Waals surface area (Å²) in [4.78, 5) is 34.0. The number of anilines is 1. The molecule has 2 rings (SSSR count). The molecule has 2 aromatic rings. The van der Waals surface area contributed by atoms with E-state index in [1.54, 1.807) is 26.8 Å². The summed E-state index contributed by atoms with van der Waals surface area (Å²) < 4.78 is 49.6. The van der Waals surface area contributed by atoms with E-state index in [1.807, 2.05) is 13.8 Å². The third-order valence-electron chi connectivity index (χ3n) is 5.42. The molecule has 0 aliphatic heterocycles. The van der Waals surface area contributed by atoms with Crippen molar-refractivity contribution in [3.8, 4) is 11.3 Å². The van der Waals surface area contributed by atoms with Gasteiger partial charge in [0.1, 0.15) is 11.4 Å². The van der Waals surface area contributed by atoms with E-state index < -0.39 is 33.5 Å². The summed E-state index contributed by atoms with van der Waals surface area (Å²) in [5, 5.41) is 0. The number of methoxy groups -OCH3 is 1. The van der Waals surface area contributed by atoms with Gasteiger partial charge in [-0.15, -0.1) is 0 Å². The Morgan fingerprint density at radius 1 is 1.11 bits per heavy atom. The lowest BCUT2D eigenvalue weighted by Gasteiger charge is -2.21. The minimum absolute atomic E-state index is 0.0455. The average molecular weight is 550 g/mol. The van der Waals surface area contributed by atoms with Gasteiger partial charge in [0.25, 0.3) is 0 Å². The summed E-state index contributed by atoms with van der Waals surface area (Å²) in [6.07, 6.45) is 3.12. The predicted molar refractivity (Wildman–Crippen MR) is 145 cm³/mol. The Morgan fingerprint density at radius 2 is 1.71 bits per heavy atom. The predicted octanol–water partition coefficient (Wildman–Crippen LogP) is 4.52. The minimum atomic E-state index is -3.66.